The molecule has 3 rings (SSSR count). The third kappa shape index (κ3) is 6.34. The summed E-state index contributed by atoms with van der Waals surface area (Å²) in [5.41, 5.74) is 4.90. The van der Waals surface area contributed by atoms with Crippen LogP contribution in [0.5, 0.6) is 5.75 Å². The Morgan fingerprint density at radius 1 is 1.06 bits per heavy atom. The van der Waals surface area contributed by atoms with E-state index >= 15 is 0 Å². The summed E-state index contributed by atoms with van der Waals surface area (Å²) in [4.78, 5) is 16.8. The monoisotopic (exact) mass is 436 g/mol. The van der Waals surface area contributed by atoms with Crippen LogP contribution in [0.1, 0.15) is 24.6 Å². The molecule has 0 aliphatic heterocycles. The Morgan fingerprint density at radius 3 is 2.66 bits per heavy atom. The summed E-state index contributed by atoms with van der Waals surface area (Å²) in [7, 11) is 0. The molecule has 3 aromatic rings. The highest BCUT2D eigenvalue weighted by Crippen LogP contribution is 2.28. The molecule has 2 N–H and O–H groups in total. The molecule has 2 aromatic carbocycles. The zero-order chi connectivity index (χ0) is 22.8. The van der Waals surface area contributed by atoms with Crippen molar-refractivity contribution in [2.24, 2.45) is 0 Å². The number of hydrogen-bond acceptors (Lipinski definition) is 4. The minimum atomic E-state index is -0.272. The number of carbonyl (C=O) groups excluding carboxylic acids is 1. The van der Waals surface area contributed by atoms with E-state index in [1.54, 1.807) is 0 Å². The highest BCUT2D eigenvalue weighted by molar-refractivity contribution is 5.91. The van der Waals surface area contributed by atoms with Gasteiger partial charge < -0.3 is 24.7 Å². The Kier molecular flexibility index (Phi) is 8.69. The molecule has 170 valence electrons. The van der Waals surface area contributed by atoms with Crippen molar-refractivity contribution in [3.8, 4) is 17.0 Å². The molecule has 0 spiro atoms. The highest BCUT2D eigenvalue weighted by atomic mass is 16.5. The van der Waals surface area contributed by atoms with Gasteiger partial charge in [0.15, 0.2) is 0 Å². The van der Waals surface area contributed by atoms with Crippen LogP contribution < -0.4 is 15.4 Å². The number of amides is 2. The zero-order valence-corrected chi connectivity index (χ0v) is 19.1. The van der Waals surface area contributed by atoms with Gasteiger partial charge in [0.25, 0.3) is 0 Å². The van der Waals surface area contributed by atoms with Gasteiger partial charge in [0, 0.05) is 31.0 Å². The van der Waals surface area contributed by atoms with Crippen LogP contribution >= 0.6 is 0 Å². The smallest absolute Gasteiger partial charge is 0.319 e. The molecule has 0 aliphatic carbocycles. The molecule has 0 aliphatic rings. The standard InChI is InChI=1S/C25H32N4O3/c1-4-31-17-14-26-25(30)28-23-19(2)10-8-13-22(23)32-16-9-15-29-18-27-24(20(29)3)21-11-6-5-7-12-21/h5-8,10-13,18H,4,9,14-17H2,1-3H3,(H2,26,28,30). The lowest BCUT2D eigenvalue weighted by Crippen LogP contribution is -2.32. The number of aryl methyl sites for hydroxylation is 2. The first kappa shape index (κ1) is 23.3. The van der Waals surface area contributed by atoms with Crippen LogP contribution in [0.2, 0.25) is 0 Å². The van der Waals surface area contributed by atoms with Gasteiger partial charge in [0.2, 0.25) is 0 Å². The Bertz CT molecular complexity index is 1000. The lowest BCUT2D eigenvalue weighted by Gasteiger charge is -2.15. The lowest BCUT2D eigenvalue weighted by molar-refractivity contribution is 0.150. The first-order chi connectivity index (χ1) is 15.6. The Labute approximate surface area is 189 Å². The van der Waals surface area contributed by atoms with Crippen LogP contribution in [0.3, 0.4) is 0 Å². The number of ether oxygens (including phenoxy) is 2. The first-order valence-corrected chi connectivity index (χ1v) is 11.0. The number of urea groups is 1. The topological polar surface area (TPSA) is 77.4 Å². The summed E-state index contributed by atoms with van der Waals surface area (Å²) in [6.07, 6.45) is 2.70. The van der Waals surface area contributed by atoms with Crippen LogP contribution in [0, 0.1) is 13.8 Å². The molecular weight excluding hydrogens is 404 g/mol. The molecule has 0 atom stereocenters. The summed E-state index contributed by atoms with van der Waals surface area (Å²) in [5, 5.41) is 5.69. The maximum atomic E-state index is 12.2. The summed E-state index contributed by atoms with van der Waals surface area (Å²) < 4.78 is 13.4. The molecule has 7 heteroatoms. The van der Waals surface area contributed by atoms with Crippen LogP contribution in [-0.2, 0) is 11.3 Å². The van der Waals surface area contributed by atoms with Crippen molar-refractivity contribution in [3.05, 3.63) is 66.1 Å². The second-order valence-electron chi connectivity index (χ2n) is 7.47. The number of carbonyl (C=O) groups is 1. The predicted molar refractivity (Wildman–Crippen MR) is 127 cm³/mol. The van der Waals surface area contributed by atoms with E-state index in [0.717, 1.165) is 35.5 Å². The molecule has 0 radical (unpaired) electrons. The molecule has 0 fully saturated rings. The number of nitrogens with one attached hydrogen (secondary N) is 2. The number of hydrogen-bond donors (Lipinski definition) is 2. The van der Waals surface area contributed by atoms with Crippen LogP contribution in [-0.4, -0.2) is 41.9 Å². The molecule has 1 aromatic heterocycles. The largest absolute Gasteiger partial charge is 0.491 e. The minimum Gasteiger partial charge on any atom is -0.491 e. The lowest BCUT2D eigenvalue weighted by atomic mass is 10.1. The van der Waals surface area contributed by atoms with Gasteiger partial charge in [-0.05, 0) is 38.8 Å². The fraction of sp³-hybridized carbons (Fsp3) is 0.360. The van der Waals surface area contributed by atoms with Gasteiger partial charge in [-0.3, -0.25) is 0 Å². The molecule has 2 amide bonds. The second-order valence-corrected chi connectivity index (χ2v) is 7.47. The second kappa shape index (κ2) is 11.9. The van der Waals surface area contributed by atoms with E-state index in [2.05, 4.69) is 39.2 Å². The molecule has 32 heavy (non-hydrogen) atoms. The predicted octanol–water partition coefficient (Wildman–Crippen LogP) is 4.79. The number of rotatable bonds is 11. The zero-order valence-electron chi connectivity index (χ0n) is 19.1. The van der Waals surface area contributed by atoms with Gasteiger partial charge >= 0.3 is 6.03 Å². The normalized spacial score (nSPS) is 10.7. The van der Waals surface area contributed by atoms with Crippen molar-refractivity contribution in [2.45, 2.75) is 33.7 Å². The van der Waals surface area contributed by atoms with Crippen molar-refractivity contribution in [3.63, 3.8) is 0 Å². The van der Waals surface area contributed by atoms with Gasteiger partial charge in [-0.1, -0.05) is 42.5 Å². The average molecular weight is 437 g/mol. The van der Waals surface area contributed by atoms with E-state index in [0.29, 0.717) is 37.8 Å². The van der Waals surface area contributed by atoms with Crippen LogP contribution in [0.25, 0.3) is 11.3 Å². The van der Waals surface area contributed by atoms with Crippen molar-refractivity contribution in [1.82, 2.24) is 14.9 Å². The third-order valence-electron chi connectivity index (χ3n) is 5.16. The summed E-state index contributed by atoms with van der Waals surface area (Å²) in [5.74, 6) is 0.664. The summed E-state index contributed by atoms with van der Waals surface area (Å²) in [6.45, 7) is 8.86. The Balaban J connectivity index is 1.53. The highest BCUT2D eigenvalue weighted by Gasteiger charge is 2.11. The minimum absolute atomic E-state index is 0.272. The van der Waals surface area contributed by atoms with Crippen molar-refractivity contribution in [1.29, 1.82) is 0 Å². The third-order valence-corrected chi connectivity index (χ3v) is 5.16. The summed E-state index contributed by atoms with van der Waals surface area (Å²) >= 11 is 0. The van der Waals surface area contributed by atoms with Gasteiger partial charge in [-0.25, -0.2) is 9.78 Å². The van der Waals surface area contributed by atoms with Crippen LogP contribution in [0.4, 0.5) is 10.5 Å². The van der Waals surface area contributed by atoms with Crippen molar-refractivity contribution < 1.29 is 14.3 Å². The molecule has 0 bridgehead atoms. The maximum absolute atomic E-state index is 12.2. The summed E-state index contributed by atoms with van der Waals surface area (Å²) in [6, 6.07) is 15.7. The maximum Gasteiger partial charge on any atom is 0.319 e. The van der Waals surface area contributed by atoms with Gasteiger partial charge in [-0.15, -0.1) is 0 Å². The molecule has 0 saturated heterocycles. The Morgan fingerprint density at radius 2 is 1.88 bits per heavy atom. The number of aromatic nitrogens is 2. The van der Waals surface area contributed by atoms with E-state index in [9.17, 15) is 4.79 Å². The number of para-hydroxylation sites is 1. The van der Waals surface area contributed by atoms with Crippen molar-refractivity contribution >= 4 is 11.7 Å². The first-order valence-electron chi connectivity index (χ1n) is 11.0. The number of anilines is 1. The van der Waals surface area contributed by atoms with Crippen LogP contribution in [0.15, 0.2) is 54.9 Å². The van der Waals surface area contributed by atoms with E-state index in [1.165, 1.54) is 0 Å². The molecule has 7 nitrogen and oxygen atoms in total. The molecule has 0 saturated carbocycles. The number of benzene rings is 2. The van der Waals surface area contributed by atoms with E-state index in [4.69, 9.17) is 9.47 Å². The van der Waals surface area contributed by atoms with E-state index in [-0.39, 0.29) is 6.03 Å². The average Bonchev–Trinajstić information content (AvgIpc) is 3.17. The fourth-order valence-corrected chi connectivity index (χ4v) is 3.43. The fourth-order valence-electron chi connectivity index (χ4n) is 3.43. The van der Waals surface area contributed by atoms with Gasteiger partial charge in [-0.2, -0.15) is 0 Å². The molecule has 0 unspecified atom stereocenters. The number of nitrogens with zero attached hydrogens (tertiary/aromatic N) is 2. The molecule has 1 heterocycles. The molecular formula is C25H32N4O3. The van der Waals surface area contributed by atoms with E-state index < -0.39 is 0 Å². The quantitative estimate of drug-likeness (QED) is 0.424. The van der Waals surface area contributed by atoms with Gasteiger partial charge in [0.05, 0.1) is 30.9 Å². The van der Waals surface area contributed by atoms with Crippen molar-refractivity contribution in [2.75, 3.05) is 31.7 Å². The van der Waals surface area contributed by atoms with E-state index in [1.807, 2.05) is 56.6 Å². The SMILES string of the molecule is CCOCCNC(=O)Nc1c(C)cccc1OCCCn1cnc(-c2ccccc2)c1C. The number of imidazole rings is 1. The Hall–Kier alpha value is -3.32. The van der Waals surface area contributed by atoms with Gasteiger partial charge in [0.1, 0.15) is 5.75 Å².